The van der Waals surface area contributed by atoms with Crippen LogP contribution in [0.5, 0.6) is 0 Å². The molecule has 1 rings (SSSR count). The second-order valence-electron chi connectivity index (χ2n) is 11.3. The molecule has 1 fully saturated rings. The van der Waals surface area contributed by atoms with Gasteiger partial charge in [-0.25, -0.2) is 0 Å². The van der Waals surface area contributed by atoms with Crippen molar-refractivity contribution >= 4 is 16.1 Å². The Morgan fingerprint density at radius 3 is 1.95 bits per heavy atom. The first kappa shape index (κ1) is 19.4. The van der Waals surface area contributed by atoms with Crippen LogP contribution in [0.2, 0.25) is 51.4 Å². The van der Waals surface area contributed by atoms with Gasteiger partial charge >= 0.3 is 0 Å². The van der Waals surface area contributed by atoms with Crippen molar-refractivity contribution in [2.24, 2.45) is 22.7 Å². The van der Waals surface area contributed by atoms with Crippen LogP contribution in [0, 0.1) is 22.7 Å². The van der Waals surface area contributed by atoms with Crippen molar-refractivity contribution in [3.63, 3.8) is 0 Å². The summed E-state index contributed by atoms with van der Waals surface area (Å²) in [6.07, 6.45) is 0. The molecule has 21 heavy (non-hydrogen) atoms. The molecule has 1 aliphatic carbocycles. The summed E-state index contributed by atoms with van der Waals surface area (Å²) in [7, 11) is -1.85. The van der Waals surface area contributed by atoms with Crippen LogP contribution >= 0.6 is 0 Å². The van der Waals surface area contributed by atoms with Gasteiger partial charge in [-0.15, -0.1) is 0 Å². The molecule has 0 saturated heterocycles. The van der Waals surface area contributed by atoms with Crippen molar-refractivity contribution < 1.29 is 5.32 Å². The van der Waals surface area contributed by atoms with E-state index in [1.165, 1.54) is 25.2 Å². The van der Waals surface area contributed by atoms with E-state index in [0.29, 0.717) is 10.8 Å². The molecule has 3 heteroatoms. The predicted octanol–water partition coefficient (Wildman–Crippen LogP) is 4.52. The van der Waals surface area contributed by atoms with Gasteiger partial charge in [-0.05, 0) is 17.9 Å². The van der Waals surface area contributed by atoms with Gasteiger partial charge in [-0.2, -0.15) is 0 Å². The molecular formula is C18H42NSi2+. The van der Waals surface area contributed by atoms with E-state index >= 15 is 0 Å². The predicted molar refractivity (Wildman–Crippen MR) is 103 cm³/mol. The van der Waals surface area contributed by atoms with Crippen molar-refractivity contribution in [3.8, 4) is 0 Å². The second-order valence-corrected chi connectivity index (χ2v) is 22.3. The third kappa shape index (κ3) is 6.19. The molecule has 0 bridgehead atoms. The first-order valence-electron chi connectivity index (χ1n) is 8.98. The van der Waals surface area contributed by atoms with Gasteiger partial charge in [0.2, 0.25) is 0 Å². The molecule has 126 valence electrons. The number of quaternary nitrogens is 1. The van der Waals surface area contributed by atoms with Gasteiger partial charge < -0.3 is 5.32 Å². The van der Waals surface area contributed by atoms with Crippen LogP contribution in [-0.4, -0.2) is 29.2 Å². The molecule has 1 saturated carbocycles. The quantitative estimate of drug-likeness (QED) is 0.631. The summed E-state index contributed by atoms with van der Waals surface area (Å²) in [4.78, 5) is 0. The highest BCUT2D eigenvalue weighted by molar-refractivity contribution is 6.76. The van der Waals surface area contributed by atoms with Gasteiger partial charge in [0.1, 0.15) is 0 Å². The van der Waals surface area contributed by atoms with E-state index in [9.17, 15) is 0 Å². The SMILES string of the molecule is CC1C(C[Si](C)(C)C)C1(C)C[NH2+]CC(C)(C)C[Si](C)(C)C. The van der Waals surface area contributed by atoms with Crippen LogP contribution in [0.4, 0.5) is 0 Å². The Kier molecular flexibility index (Phi) is 5.67. The number of hydrogen-bond donors (Lipinski definition) is 1. The third-order valence-electron chi connectivity index (χ3n) is 5.50. The Hall–Kier alpha value is 0.394. The van der Waals surface area contributed by atoms with Crippen LogP contribution in [0.15, 0.2) is 0 Å². The van der Waals surface area contributed by atoms with E-state index < -0.39 is 16.1 Å². The van der Waals surface area contributed by atoms with Crippen LogP contribution < -0.4 is 5.32 Å². The molecule has 2 N–H and O–H groups in total. The summed E-state index contributed by atoms with van der Waals surface area (Å²) < 4.78 is 0. The summed E-state index contributed by atoms with van der Waals surface area (Å²) in [5.41, 5.74) is 1.13. The van der Waals surface area contributed by atoms with E-state index in [-0.39, 0.29) is 0 Å². The molecule has 0 amide bonds. The highest BCUT2D eigenvalue weighted by Crippen LogP contribution is 2.60. The highest BCUT2D eigenvalue weighted by atomic mass is 28.3. The first-order chi connectivity index (χ1) is 9.16. The van der Waals surface area contributed by atoms with E-state index in [1.807, 2.05) is 0 Å². The molecule has 0 aromatic carbocycles. The summed E-state index contributed by atoms with van der Waals surface area (Å²) >= 11 is 0. The maximum atomic E-state index is 2.64. The summed E-state index contributed by atoms with van der Waals surface area (Å²) in [6, 6.07) is 2.97. The van der Waals surface area contributed by atoms with Gasteiger partial charge in [0, 0.05) is 27.0 Å². The van der Waals surface area contributed by atoms with Crippen molar-refractivity contribution in [1.82, 2.24) is 0 Å². The zero-order valence-electron chi connectivity index (χ0n) is 16.6. The normalized spacial score (nSPS) is 30.6. The van der Waals surface area contributed by atoms with Crippen molar-refractivity contribution in [2.75, 3.05) is 13.1 Å². The van der Waals surface area contributed by atoms with Crippen molar-refractivity contribution in [2.45, 2.75) is 79.1 Å². The molecule has 0 aromatic heterocycles. The minimum atomic E-state index is -0.946. The van der Waals surface area contributed by atoms with Gasteiger partial charge in [0.15, 0.2) is 0 Å². The van der Waals surface area contributed by atoms with Crippen LogP contribution in [0.1, 0.15) is 27.7 Å². The Labute approximate surface area is 136 Å². The minimum absolute atomic E-state index is 0.507. The van der Waals surface area contributed by atoms with Gasteiger partial charge in [0.05, 0.1) is 13.1 Å². The molecule has 0 radical (unpaired) electrons. The summed E-state index contributed by atoms with van der Waals surface area (Å²) in [6.45, 7) is 27.7. The molecule has 1 nitrogen and oxygen atoms in total. The van der Waals surface area contributed by atoms with Gasteiger partial charge in [-0.3, -0.25) is 0 Å². The third-order valence-corrected chi connectivity index (χ3v) is 9.19. The molecule has 3 unspecified atom stereocenters. The lowest BCUT2D eigenvalue weighted by Crippen LogP contribution is -2.88. The molecule has 0 aromatic rings. The smallest absolute Gasteiger partial charge is 0.0815 e. The average Bonchev–Trinajstić information content (AvgIpc) is 2.64. The zero-order valence-corrected chi connectivity index (χ0v) is 18.6. The Bertz CT molecular complexity index is 351. The fourth-order valence-electron chi connectivity index (χ4n) is 4.60. The van der Waals surface area contributed by atoms with Crippen LogP contribution in [0.25, 0.3) is 0 Å². The monoisotopic (exact) mass is 328 g/mol. The zero-order chi connectivity index (χ0) is 16.7. The van der Waals surface area contributed by atoms with Gasteiger partial charge in [-0.1, -0.05) is 73.0 Å². The first-order valence-corrected chi connectivity index (χ1v) is 16.4. The fraction of sp³-hybridized carbons (Fsp3) is 1.00. The number of rotatable bonds is 8. The fourth-order valence-corrected chi connectivity index (χ4v) is 9.75. The maximum Gasteiger partial charge on any atom is 0.0815 e. The van der Waals surface area contributed by atoms with Crippen molar-refractivity contribution in [1.29, 1.82) is 0 Å². The Morgan fingerprint density at radius 1 is 1.00 bits per heavy atom. The standard InChI is InChI=1S/C18H41NSi2/c1-15-16(11-20(5,6)7)18(15,4)13-19-12-17(2,3)14-21(8,9)10/h15-16,19H,11-14H2,1-10H3/p+1. The minimum Gasteiger partial charge on any atom is -0.345 e. The topological polar surface area (TPSA) is 16.6 Å². The Morgan fingerprint density at radius 2 is 1.52 bits per heavy atom. The van der Waals surface area contributed by atoms with E-state index in [4.69, 9.17) is 0 Å². The average molecular weight is 329 g/mol. The maximum absolute atomic E-state index is 2.64. The highest BCUT2D eigenvalue weighted by Gasteiger charge is 2.60. The molecule has 0 heterocycles. The molecule has 0 aliphatic heterocycles. The molecule has 3 atom stereocenters. The molecule has 1 aliphatic rings. The van der Waals surface area contributed by atoms with Crippen LogP contribution in [0.3, 0.4) is 0 Å². The summed E-state index contributed by atoms with van der Waals surface area (Å²) in [5, 5.41) is 2.64. The van der Waals surface area contributed by atoms with E-state index in [1.54, 1.807) is 0 Å². The largest absolute Gasteiger partial charge is 0.345 e. The van der Waals surface area contributed by atoms with E-state index in [2.05, 4.69) is 72.3 Å². The second kappa shape index (κ2) is 6.12. The summed E-state index contributed by atoms with van der Waals surface area (Å²) in [5.74, 6) is 1.95. The lowest BCUT2D eigenvalue weighted by atomic mass is 9.95. The van der Waals surface area contributed by atoms with E-state index in [0.717, 1.165) is 11.8 Å². The Balaban J connectivity index is 2.42. The number of nitrogens with two attached hydrogens (primary N) is 1. The lowest BCUT2D eigenvalue weighted by Gasteiger charge is -2.30. The lowest BCUT2D eigenvalue weighted by molar-refractivity contribution is -0.672. The molecular weight excluding hydrogens is 286 g/mol. The van der Waals surface area contributed by atoms with Crippen molar-refractivity contribution in [3.05, 3.63) is 0 Å². The van der Waals surface area contributed by atoms with Gasteiger partial charge in [0.25, 0.3) is 0 Å². The van der Waals surface area contributed by atoms with Crippen LogP contribution in [-0.2, 0) is 0 Å². The number of hydrogen-bond acceptors (Lipinski definition) is 0. The molecule has 0 spiro atoms.